The molecule has 0 aromatic rings. The second-order valence-corrected chi connectivity index (χ2v) is 5.96. The number of hydrogen-bond acceptors (Lipinski definition) is 5. The predicted molar refractivity (Wildman–Crippen MR) is 67.2 cm³/mol. The molecule has 6 nitrogen and oxygen atoms in total. The van der Waals surface area contributed by atoms with Crippen molar-refractivity contribution in [1.82, 2.24) is 4.90 Å². The maximum atomic E-state index is 12.3. The summed E-state index contributed by atoms with van der Waals surface area (Å²) in [4.78, 5) is 36.9. The molecular formula is C13H21NO5. The number of ether oxygens (including phenoxy) is 2. The first-order valence-corrected chi connectivity index (χ1v) is 6.14. The van der Waals surface area contributed by atoms with Crippen molar-refractivity contribution in [3.05, 3.63) is 0 Å². The first-order chi connectivity index (χ1) is 8.59. The van der Waals surface area contributed by atoms with E-state index in [4.69, 9.17) is 4.74 Å². The third-order valence-corrected chi connectivity index (χ3v) is 3.00. The molecule has 0 aromatic heterocycles. The summed E-state index contributed by atoms with van der Waals surface area (Å²) < 4.78 is 9.95. The third kappa shape index (κ3) is 3.68. The molecule has 1 amide bonds. The Morgan fingerprint density at radius 1 is 1.37 bits per heavy atom. The summed E-state index contributed by atoms with van der Waals surface area (Å²) in [6.07, 6.45) is -0.165. The molecule has 0 bridgehead atoms. The van der Waals surface area contributed by atoms with Gasteiger partial charge in [-0.25, -0.2) is 0 Å². The van der Waals surface area contributed by atoms with E-state index in [2.05, 4.69) is 4.74 Å². The number of esters is 2. The van der Waals surface area contributed by atoms with Crippen LogP contribution in [-0.4, -0.2) is 49.0 Å². The van der Waals surface area contributed by atoms with Gasteiger partial charge < -0.3 is 14.4 Å². The molecule has 1 unspecified atom stereocenters. The molecule has 1 rings (SSSR count). The fraction of sp³-hybridized carbons (Fsp3) is 0.769. The first-order valence-electron chi connectivity index (χ1n) is 6.14. The van der Waals surface area contributed by atoms with Crippen molar-refractivity contribution < 1.29 is 23.9 Å². The molecule has 0 saturated carbocycles. The van der Waals surface area contributed by atoms with Crippen LogP contribution in [0.25, 0.3) is 0 Å². The highest BCUT2D eigenvalue weighted by atomic mass is 16.6. The van der Waals surface area contributed by atoms with Gasteiger partial charge in [0.25, 0.3) is 0 Å². The zero-order valence-corrected chi connectivity index (χ0v) is 12.1. The molecule has 1 saturated heterocycles. The summed E-state index contributed by atoms with van der Waals surface area (Å²) in [6, 6.07) is 0. The van der Waals surface area contributed by atoms with Gasteiger partial charge in [-0.2, -0.15) is 0 Å². The molecular weight excluding hydrogens is 250 g/mol. The van der Waals surface area contributed by atoms with Crippen LogP contribution in [0.5, 0.6) is 0 Å². The Hall–Kier alpha value is -1.59. The molecule has 108 valence electrons. The minimum Gasteiger partial charge on any atom is -0.469 e. The van der Waals surface area contributed by atoms with Gasteiger partial charge in [0.2, 0.25) is 5.91 Å². The highest BCUT2D eigenvalue weighted by Crippen LogP contribution is 2.37. The summed E-state index contributed by atoms with van der Waals surface area (Å²) in [5.41, 5.74) is -1.80. The summed E-state index contributed by atoms with van der Waals surface area (Å²) in [6.45, 7) is 5.42. The average Bonchev–Trinajstić information content (AvgIpc) is 2.53. The van der Waals surface area contributed by atoms with E-state index in [1.54, 1.807) is 27.8 Å². The van der Waals surface area contributed by atoms with E-state index >= 15 is 0 Å². The monoisotopic (exact) mass is 271 g/mol. The summed E-state index contributed by atoms with van der Waals surface area (Å²) >= 11 is 0. The van der Waals surface area contributed by atoms with E-state index in [1.807, 2.05) is 0 Å². The number of nitrogens with zero attached hydrogens (tertiary/aromatic N) is 1. The van der Waals surface area contributed by atoms with Gasteiger partial charge in [-0.15, -0.1) is 0 Å². The Morgan fingerprint density at radius 3 is 2.32 bits per heavy atom. The number of likely N-dealkylation sites (tertiary alicyclic amines) is 1. The van der Waals surface area contributed by atoms with E-state index < -0.39 is 23.0 Å². The van der Waals surface area contributed by atoms with Gasteiger partial charge in [-0.1, -0.05) is 0 Å². The van der Waals surface area contributed by atoms with E-state index in [1.165, 1.54) is 12.0 Å². The second-order valence-electron chi connectivity index (χ2n) is 5.96. The Balaban J connectivity index is 2.97. The summed E-state index contributed by atoms with van der Waals surface area (Å²) in [5.74, 6) is -1.22. The van der Waals surface area contributed by atoms with Crippen LogP contribution in [0, 0.1) is 5.41 Å². The van der Waals surface area contributed by atoms with Crippen molar-refractivity contribution in [2.24, 2.45) is 5.41 Å². The molecule has 0 N–H and O–H groups in total. The van der Waals surface area contributed by atoms with E-state index in [-0.39, 0.29) is 25.3 Å². The lowest BCUT2D eigenvalue weighted by Gasteiger charge is -2.29. The number of hydrogen-bond donors (Lipinski definition) is 0. The highest BCUT2D eigenvalue weighted by molar-refractivity contribution is 5.92. The van der Waals surface area contributed by atoms with Gasteiger partial charge in [0.05, 0.1) is 13.5 Å². The normalized spacial score (nSPS) is 23.4. The van der Waals surface area contributed by atoms with Gasteiger partial charge in [0, 0.05) is 20.0 Å². The average molecular weight is 271 g/mol. The third-order valence-electron chi connectivity index (χ3n) is 3.00. The van der Waals surface area contributed by atoms with Crippen LogP contribution < -0.4 is 0 Å². The quantitative estimate of drug-likeness (QED) is 0.708. The zero-order chi connectivity index (χ0) is 14.8. The number of methoxy groups -OCH3 is 1. The van der Waals surface area contributed by atoms with Gasteiger partial charge in [0.15, 0.2) is 0 Å². The lowest BCUT2D eigenvalue weighted by molar-refractivity contribution is -0.171. The molecule has 0 aromatic carbocycles. The van der Waals surface area contributed by atoms with E-state index in [0.717, 1.165) is 0 Å². The molecule has 1 fully saturated rings. The Kier molecular flexibility index (Phi) is 4.22. The molecule has 0 radical (unpaired) electrons. The van der Waals surface area contributed by atoms with Crippen LogP contribution in [-0.2, 0) is 23.9 Å². The minimum atomic E-state index is -1.13. The van der Waals surface area contributed by atoms with Crippen molar-refractivity contribution in [1.29, 1.82) is 0 Å². The fourth-order valence-electron chi connectivity index (χ4n) is 2.08. The number of amides is 1. The van der Waals surface area contributed by atoms with Crippen molar-refractivity contribution in [3.63, 3.8) is 0 Å². The first kappa shape index (κ1) is 15.5. The molecule has 1 heterocycles. The highest BCUT2D eigenvalue weighted by Gasteiger charge is 2.51. The van der Waals surface area contributed by atoms with Crippen LogP contribution >= 0.6 is 0 Å². The Bertz CT molecular complexity index is 398. The zero-order valence-electron chi connectivity index (χ0n) is 12.1. The van der Waals surface area contributed by atoms with Crippen LogP contribution in [0.1, 0.15) is 33.6 Å². The fourth-order valence-corrected chi connectivity index (χ4v) is 2.08. The molecule has 0 spiro atoms. The summed E-state index contributed by atoms with van der Waals surface area (Å²) in [5, 5.41) is 0. The van der Waals surface area contributed by atoms with Crippen molar-refractivity contribution in [2.75, 3.05) is 20.7 Å². The molecule has 6 heteroatoms. The van der Waals surface area contributed by atoms with Gasteiger partial charge in [0.1, 0.15) is 11.0 Å². The predicted octanol–water partition coefficient (Wildman–Crippen LogP) is 0.740. The van der Waals surface area contributed by atoms with Gasteiger partial charge in [-0.05, 0) is 20.8 Å². The minimum absolute atomic E-state index is 0.0203. The van der Waals surface area contributed by atoms with E-state index in [0.29, 0.717) is 0 Å². The van der Waals surface area contributed by atoms with Gasteiger partial charge in [-0.3, -0.25) is 14.4 Å². The van der Waals surface area contributed by atoms with Crippen LogP contribution in [0.15, 0.2) is 0 Å². The van der Waals surface area contributed by atoms with Crippen LogP contribution in [0.2, 0.25) is 0 Å². The standard InChI is InChI=1S/C13H21NO5/c1-12(2,3)19-11(17)13(7-10(16)18-5)6-9(15)14(4)8-13/h6-8H2,1-5H3. The number of rotatable bonds is 3. The largest absolute Gasteiger partial charge is 0.469 e. The van der Waals surface area contributed by atoms with Crippen molar-refractivity contribution in [2.45, 2.75) is 39.2 Å². The Morgan fingerprint density at radius 2 is 1.95 bits per heavy atom. The topological polar surface area (TPSA) is 72.9 Å². The SMILES string of the molecule is COC(=O)CC1(C(=O)OC(C)(C)C)CC(=O)N(C)C1. The molecule has 1 atom stereocenters. The maximum Gasteiger partial charge on any atom is 0.315 e. The molecule has 0 aliphatic carbocycles. The van der Waals surface area contributed by atoms with Crippen molar-refractivity contribution in [3.8, 4) is 0 Å². The van der Waals surface area contributed by atoms with Crippen LogP contribution in [0.4, 0.5) is 0 Å². The second kappa shape index (κ2) is 5.19. The molecule has 19 heavy (non-hydrogen) atoms. The molecule has 1 aliphatic rings. The lowest BCUT2D eigenvalue weighted by Crippen LogP contribution is -2.41. The van der Waals surface area contributed by atoms with Crippen molar-refractivity contribution >= 4 is 17.8 Å². The molecule has 1 aliphatic heterocycles. The smallest absolute Gasteiger partial charge is 0.315 e. The van der Waals surface area contributed by atoms with Crippen LogP contribution in [0.3, 0.4) is 0 Å². The van der Waals surface area contributed by atoms with Gasteiger partial charge >= 0.3 is 11.9 Å². The number of carbonyl (C=O) groups excluding carboxylic acids is 3. The Labute approximate surface area is 113 Å². The number of carbonyl (C=O) groups is 3. The summed E-state index contributed by atoms with van der Waals surface area (Å²) in [7, 11) is 2.86. The van der Waals surface area contributed by atoms with E-state index in [9.17, 15) is 14.4 Å². The maximum absolute atomic E-state index is 12.3. The lowest BCUT2D eigenvalue weighted by atomic mass is 9.83.